The monoisotopic (exact) mass is 600 g/mol. The second kappa shape index (κ2) is 13.1. The van der Waals surface area contributed by atoms with Gasteiger partial charge in [-0.2, -0.15) is 8.78 Å². The van der Waals surface area contributed by atoms with Gasteiger partial charge in [-0.05, 0) is 62.7 Å². The summed E-state index contributed by atoms with van der Waals surface area (Å²) in [6.07, 6.45) is 2.65. The summed E-state index contributed by atoms with van der Waals surface area (Å²) in [6, 6.07) is 9.38. The summed E-state index contributed by atoms with van der Waals surface area (Å²) in [7, 11) is -3.36. The molecule has 1 saturated heterocycles. The number of pyridine rings is 1. The number of ether oxygens (including phenoxy) is 1. The van der Waals surface area contributed by atoms with Gasteiger partial charge in [0.15, 0.2) is 0 Å². The van der Waals surface area contributed by atoms with Crippen molar-refractivity contribution < 1.29 is 26.3 Å². The maximum atomic E-state index is 13.4. The van der Waals surface area contributed by atoms with E-state index in [4.69, 9.17) is 15.9 Å². The number of alkyl halides is 2. The molecule has 222 valence electrons. The lowest BCUT2D eigenvalue weighted by Crippen LogP contribution is -2.26. The van der Waals surface area contributed by atoms with Gasteiger partial charge < -0.3 is 21.1 Å². The molecule has 0 bridgehead atoms. The lowest BCUT2D eigenvalue weighted by atomic mass is 9.96. The topological polar surface area (TPSA) is 142 Å². The van der Waals surface area contributed by atoms with E-state index in [9.17, 15) is 21.6 Å². The molecule has 0 spiro atoms. The van der Waals surface area contributed by atoms with Gasteiger partial charge in [0.2, 0.25) is 0 Å². The summed E-state index contributed by atoms with van der Waals surface area (Å²) >= 11 is 0. The largest absolute Gasteiger partial charge is 0.484 e. The van der Waals surface area contributed by atoms with Crippen LogP contribution in [0, 0.1) is 29.0 Å². The third-order valence-electron chi connectivity index (χ3n) is 6.76. The van der Waals surface area contributed by atoms with Crippen molar-refractivity contribution in [2.24, 2.45) is 5.92 Å². The van der Waals surface area contributed by atoms with E-state index < -0.39 is 27.7 Å². The Bertz CT molecular complexity index is 1620. The molecule has 1 aliphatic heterocycles. The maximum absolute atomic E-state index is 13.4. The van der Waals surface area contributed by atoms with Gasteiger partial charge in [0.1, 0.15) is 23.5 Å². The molecule has 6 N–H and O–H groups in total. The number of hydrogen-bond acceptors (Lipinski definition) is 8. The van der Waals surface area contributed by atoms with E-state index in [-0.39, 0.29) is 40.0 Å². The lowest BCUT2D eigenvalue weighted by molar-refractivity contribution is 0.227. The summed E-state index contributed by atoms with van der Waals surface area (Å²) in [5.74, 6) is 2.45. The molecule has 1 atom stereocenters. The molecule has 2 heterocycles. The highest BCUT2D eigenvalue weighted by molar-refractivity contribution is 7.93. The molecular weight excluding hydrogens is 569 g/mol. The van der Waals surface area contributed by atoms with E-state index in [1.54, 1.807) is 14.0 Å². The quantitative estimate of drug-likeness (QED) is 0.177. The predicted octanol–water partition coefficient (Wildman–Crippen LogP) is 4.72. The summed E-state index contributed by atoms with van der Waals surface area (Å²) in [6.45, 7) is 3.41. The molecule has 1 fully saturated rings. The summed E-state index contributed by atoms with van der Waals surface area (Å²) < 4.78 is 71.5. The number of halogens is 3. The number of piperidine rings is 1. The van der Waals surface area contributed by atoms with Crippen LogP contribution in [-0.4, -0.2) is 45.0 Å². The number of rotatable bonds is 9. The van der Waals surface area contributed by atoms with Crippen molar-refractivity contribution in [3.05, 3.63) is 76.7 Å². The number of nitrogens with zero attached hydrogens (tertiary/aromatic N) is 1. The van der Waals surface area contributed by atoms with E-state index in [0.29, 0.717) is 16.8 Å². The van der Waals surface area contributed by atoms with Crippen LogP contribution < -0.4 is 25.8 Å². The average molecular weight is 601 g/mol. The third-order valence-corrected chi connectivity index (χ3v) is 7.73. The molecule has 0 saturated carbocycles. The Hall–Kier alpha value is -4.28. The molecule has 4 rings (SSSR count). The zero-order valence-corrected chi connectivity index (χ0v) is 23.8. The molecule has 13 heteroatoms. The first-order valence-corrected chi connectivity index (χ1v) is 14.7. The zero-order chi connectivity index (χ0) is 30.4. The van der Waals surface area contributed by atoms with Crippen LogP contribution in [0.15, 0.2) is 48.7 Å². The molecule has 1 aliphatic rings. The predicted molar refractivity (Wildman–Crippen MR) is 157 cm³/mol. The van der Waals surface area contributed by atoms with E-state index >= 15 is 0 Å². The van der Waals surface area contributed by atoms with Gasteiger partial charge >= 0.3 is 5.76 Å². The number of anilines is 3. The molecule has 0 unspecified atom stereocenters. The molecule has 2 aromatic carbocycles. The normalized spacial score (nSPS) is 14.5. The number of aromatic nitrogens is 1. The van der Waals surface area contributed by atoms with Crippen LogP contribution in [0.5, 0.6) is 5.75 Å². The number of sulfonamides is 1. The van der Waals surface area contributed by atoms with Gasteiger partial charge in [-0.3, -0.25) is 10.1 Å². The van der Waals surface area contributed by atoms with Gasteiger partial charge in [-0.15, -0.1) is 0 Å². The van der Waals surface area contributed by atoms with Crippen molar-refractivity contribution in [1.82, 2.24) is 10.3 Å². The fourth-order valence-corrected chi connectivity index (χ4v) is 5.04. The Morgan fingerprint density at radius 3 is 2.52 bits per heavy atom. The fraction of sp³-hybridized carbons (Fsp3) is 0.310. The van der Waals surface area contributed by atoms with Crippen LogP contribution in [-0.2, 0) is 10.0 Å². The maximum Gasteiger partial charge on any atom is 0.355 e. The second-order valence-electron chi connectivity index (χ2n) is 9.66. The first-order valence-electron chi connectivity index (χ1n) is 13.1. The van der Waals surface area contributed by atoms with E-state index in [0.717, 1.165) is 25.9 Å². The highest BCUT2D eigenvalue weighted by atomic mass is 32.2. The molecule has 1 aromatic heterocycles. The van der Waals surface area contributed by atoms with Crippen LogP contribution >= 0.6 is 0 Å². The van der Waals surface area contributed by atoms with E-state index in [1.165, 1.54) is 48.7 Å². The third kappa shape index (κ3) is 7.13. The van der Waals surface area contributed by atoms with Gasteiger partial charge in [0, 0.05) is 24.7 Å². The first-order chi connectivity index (χ1) is 20.0. The van der Waals surface area contributed by atoms with E-state index in [1.807, 2.05) is 4.72 Å². The SMILES string of the molecule is CNc1c(C#CC2CCNCC2)cnc(N)c1C(=N)c1ccc(NS(=O)(=O)C(F)F)c(O[C@@H](C)c2ccc(F)cc2)c1. The standard InChI is InChI=1S/C29H31F3N6O3S/c1-17(19-5-8-22(30)9-6-19)41-24-15-20(7-10-23(24)38-42(39,40)29(31)32)26(33)25-27(35-2)21(16-37-28(25)34)4-3-18-11-13-36-14-12-18/h5-10,15-18,29,33,36,38H,11-14H2,1-2H3,(H3,34,35,37)/t17-/m0/s1. The zero-order valence-electron chi connectivity index (χ0n) is 23.0. The molecule has 42 heavy (non-hydrogen) atoms. The van der Waals surface area contributed by atoms with Crippen molar-refractivity contribution in [2.75, 3.05) is 35.9 Å². The van der Waals surface area contributed by atoms with Crippen LogP contribution in [0.2, 0.25) is 0 Å². The lowest BCUT2D eigenvalue weighted by Gasteiger charge is -2.20. The summed E-state index contributed by atoms with van der Waals surface area (Å²) in [4.78, 5) is 4.25. The van der Waals surface area contributed by atoms with Crippen molar-refractivity contribution in [1.29, 1.82) is 5.41 Å². The first kappa shape index (κ1) is 30.7. The highest BCUT2D eigenvalue weighted by Gasteiger charge is 2.26. The van der Waals surface area contributed by atoms with Crippen molar-refractivity contribution in [3.63, 3.8) is 0 Å². The fourth-order valence-electron chi connectivity index (χ4n) is 4.47. The number of hydrogen-bond donors (Lipinski definition) is 5. The van der Waals surface area contributed by atoms with Crippen molar-refractivity contribution in [2.45, 2.75) is 31.6 Å². The Morgan fingerprint density at radius 2 is 1.88 bits per heavy atom. The van der Waals surface area contributed by atoms with Crippen LogP contribution in [0.3, 0.4) is 0 Å². The molecule has 3 aromatic rings. The summed E-state index contributed by atoms with van der Waals surface area (Å²) in [5, 5.41) is 15.3. The number of benzene rings is 2. The van der Waals surface area contributed by atoms with Crippen LogP contribution in [0.25, 0.3) is 0 Å². The van der Waals surface area contributed by atoms with Crippen LogP contribution in [0.4, 0.5) is 30.4 Å². The minimum Gasteiger partial charge on any atom is -0.484 e. The average Bonchev–Trinajstić information content (AvgIpc) is 2.97. The molecule has 0 aliphatic carbocycles. The molecule has 9 nitrogen and oxygen atoms in total. The molecule has 0 radical (unpaired) electrons. The minimum absolute atomic E-state index is 0.0568. The van der Waals surface area contributed by atoms with Crippen molar-refractivity contribution >= 4 is 32.9 Å². The minimum atomic E-state index is -5.03. The smallest absolute Gasteiger partial charge is 0.355 e. The van der Waals surface area contributed by atoms with Crippen molar-refractivity contribution in [3.8, 4) is 17.6 Å². The van der Waals surface area contributed by atoms with E-state index in [2.05, 4.69) is 27.5 Å². The highest BCUT2D eigenvalue weighted by Crippen LogP contribution is 2.34. The molecule has 0 amide bonds. The Morgan fingerprint density at radius 1 is 1.19 bits per heavy atom. The van der Waals surface area contributed by atoms with Crippen LogP contribution in [0.1, 0.15) is 48.1 Å². The Kier molecular flexibility index (Phi) is 9.59. The number of nitrogens with one attached hydrogen (secondary N) is 4. The Balaban J connectivity index is 1.74. The number of nitrogen functional groups attached to an aromatic ring is 1. The summed E-state index contributed by atoms with van der Waals surface area (Å²) in [5.41, 5.74) is 7.94. The molecular formula is C29H31F3N6O3S. The van der Waals surface area contributed by atoms with Gasteiger partial charge in [-0.1, -0.05) is 30.0 Å². The van der Waals surface area contributed by atoms with Gasteiger partial charge in [-0.25, -0.2) is 17.8 Å². The van der Waals surface area contributed by atoms with Gasteiger partial charge in [0.25, 0.3) is 10.0 Å². The van der Waals surface area contributed by atoms with Gasteiger partial charge in [0.05, 0.1) is 28.2 Å². The Labute approximate surface area is 242 Å². The second-order valence-corrected chi connectivity index (χ2v) is 11.3. The number of nitrogens with two attached hydrogens (primary N) is 1.